The van der Waals surface area contributed by atoms with Gasteiger partial charge >= 0.3 is 0 Å². The number of benzene rings is 2. The normalized spacial score (nSPS) is 11.3. The van der Waals surface area contributed by atoms with E-state index in [1.807, 2.05) is 55.5 Å². The van der Waals surface area contributed by atoms with Crippen LogP contribution in [0.5, 0.6) is 5.75 Å². The molecule has 0 aliphatic carbocycles. The van der Waals surface area contributed by atoms with Crippen molar-refractivity contribution in [2.75, 3.05) is 7.11 Å². The lowest BCUT2D eigenvalue weighted by Gasteiger charge is -2.04. The molecule has 9 nitrogen and oxygen atoms in total. The second kappa shape index (κ2) is 8.95. The molecule has 0 fully saturated rings. The Morgan fingerprint density at radius 3 is 2.53 bits per heavy atom. The highest BCUT2D eigenvalue weighted by molar-refractivity contribution is 5.72. The van der Waals surface area contributed by atoms with E-state index >= 15 is 0 Å². The summed E-state index contributed by atoms with van der Waals surface area (Å²) in [7, 11) is 1.59. The molecule has 0 bridgehead atoms. The molecule has 0 saturated carbocycles. The second-order valence-electron chi connectivity index (χ2n) is 8.00. The molecule has 0 saturated heterocycles. The van der Waals surface area contributed by atoms with Crippen LogP contribution in [0, 0.1) is 6.92 Å². The van der Waals surface area contributed by atoms with Gasteiger partial charge in [-0.1, -0.05) is 35.0 Å². The minimum absolute atomic E-state index is 0.115. The Hall–Kier alpha value is -4.24. The van der Waals surface area contributed by atoms with Crippen LogP contribution in [-0.4, -0.2) is 36.5 Å². The monoisotopic (exact) mass is 457 g/mol. The highest BCUT2D eigenvalue weighted by Crippen LogP contribution is 2.26. The fraction of sp³-hybridized carbons (Fsp3) is 0.200. The van der Waals surface area contributed by atoms with Crippen LogP contribution >= 0.6 is 0 Å². The molecule has 0 spiro atoms. The number of hydrogen-bond donors (Lipinski definition) is 1. The maximum absolute atomic E-state index is 13.3. The van der Waals surface area contributed by atoms with Crippen LogP contribution in [0.1, 0.15) is 28.4 Å². The predicted molar refractivity (Wildman–Crippen MR) is 125 cm³/mol. The molecule has 2 aromatic carbocycles. The fourth-order valence-corrected chi connectivity index (χ4v) is 3.87. The highest BCUT2D eigenvalue weighted by Gasteiger charge is 2.19. The van der Waals surface area contributed by atoms with E-state index in [0.29, 0.717) is 40.7 Å². The molecule has 0 unspecified atom stereocenters. The van der Waals surface area contributed by atoms with E-state index in [0.717, 1.165) is 11.1 Å². The van der Waals surface area contributed by atoms with Crippen molar-refractivity contribution in [2.45, 2.75) is 26.5 Å². The summed E-state index contributed by atoms with van der Waals surface area (Å²) in [6.07, 6.45) is 3.83. The van der Waals surface area contributed by atoms with Gasteiger partial charge in [0.05, 0.1) is 19.4 Å². The van der Waals surface area contributed by atoms with Gasteiger partial charge in [0.25, 0.3) is 5.56 Å². The molecular weight excluding hydrogens is 434 g/mol. The van der Waals surface area contributed by atoms with Crippen molar-refractivity contribution in [3.63, 3.8) is 0 Å². The number of aliphatic hydroxyl groups excluding tert-OH is 1. The highest BCUT2D eigenvalue weighted by atomic mass is 16.5. The first kappa shape index (κ1) is 21.6. The Kier molecular flexibility index (Phi) is 5.69. The first-order valence-corrected chi connectivity index (χ1v) is 10.8. The van der Waals surface area contributed by atoms with Gasteiger partial charge in [0.1, 0.15) is 17.8 Å². The van der Waals surface area contributed by atoms with Crippen LogP contribution in [0.3, 0.4) is 0 Å². The molecule has 0 amide bonds. The number of aryl methyl sites for hydroxylation is 1. The van der Waals surface area contributed by atoms with Crippen molar-refractivity contribution in [3.05, 3.63) is 99.7 Å². The average Bonchev–Trinajstić information content (AvgIpc) is 3.46. The molecule has 172 valence electrons. The number of rotatable bonds is 7. The third kappa shape index (κ3) is 4.08. The second-order valence-corrected chi connectivity index (χ2v) is 8.00. The molecule has 0 aliphatic rings. The van der Waals surface area contributed by atoms with E-state index < -0.39 is 0 Å². The Morgan fingerprint density at radius 1 is 1.06 bits per heavy atom. The zero-order valence-electron chi connectivity index (χ0n) is 18.8. The SMILES string of the molecule is COc1ccc(-c2nn3ccn(Cc4nc(Cc5ccc(C)cc5)no4)c(=O)c3c2CO)cc1. The van der Waals surface area contributed by atoms with Gasteiger partial charge in [-0.2, -0.15) is 10.1 Å². The van der Waals surface area contributed by atoms with E-state index in [2.05, 4.69) is 15.2 Å². The van der Waals surface area contributed by atoms with E-state index in [1.54, 1.807) is 19.5 Å². The van der Waals surface area contributed by atoms with Gasteiger partial charge in [-0.25, -0.2) is 4.52 Å². The molecule has 9 heteroatoms. The van der Waals surface area contributed by atoms with E-state index in [-0.39, 0.29) is 18.7 Å². The summed E-state index contributed by atoms with van der Waals surface area (Å²) in [4.78, 5) is 17.7. The lowest BCUT2D eigenvalue weighted by Crippen LogP contribution is -2.22. The molecular formula is C25H23N5O4. The summed E-state index contributed by atoms with van der Waals surface area (Å²) in [5, 5.41) is 18.6. The summed E-state index contributed by atoms with van der Waals surface area (Å²) in [5.74, 6) is 1.59. The minimum atomic E-state index is -0.328. The van der Waals surface area contributed by atoms with E-state index in [1.165, 1.54) is 14.6 Å². The summed E-state index contributed by atoms with van der Waals surface area (Å²) >= 11 is 0. The van der Waals surface area contributed by atoms with Gasteiger partial charge in [-0.05, 0) is 36.8 Å². The lowest BCUT2D eigenvalue weighted by atomic mass is 10.1. The molecule has 0 atom stereocenters. The third-order valence-corrected chi connectivity index (χ3v) is 5.68. The van der Waals surface area contributed by atoms with Gasteiger partial charge in [-0.15, -0.1) is 0 Å². The topological polar surface area (TPSA) is 108 Å². The number of ether oxygens (including phenoxy) is 1. The first-order valence-electron chi connectivity index (χ1n) is 10.8. The third-order valence-electron chi connectivity index (χ3n) is 5.68. The van der Waals surface area contributed by atoms with Crippen molar-refractivity contribution >= 4 is 5.52 Å². The average molecular weight is 457 g/mol. The zero-order chi connectivity index (χ0) is 23.7. The fourth-order valence-electron chi connectivity index (χ4n) is 3.87. The number of methoxy groups -OCH3 is 1. The van der Waals surface area contributed by atoms with Crippen LogP contribution in [0.4, 0.5) is 0 Å². The number of aromatic nitrogens is 5. The van der Waals surface area contributed by atoms with Crippen LogP contribution < -0.4 is 10.3 Å². The van der Waals surface area contributed by atoms with Gasteiger partial charge < -0.3 is 18.9 Å². The van der Waals surface area contributed by atoms with Crippen molar-refractivity contribution in [3.8, 4) is 17.0 Å². The number of aliphatic hydroxyl groups is 1. The molecule has 3 aromatic heterocycles. The van der Waals surface area contributed by atoms with E-state index in [4.69, 9.17) is 9.26 Å². The maximum atomic E-state index is 13.3. The maximum Gasteiger partial charge on any atom is 0.277 e. The Labute approximate surface area is 194 Å². The zero-order valence-corrected chi connectivity index (χ0v) is 18.8. The van der Waals surface area contributed by atoms with Gasteiger partial charge in [0, 0.05) is 29.9 Å². The summed E-state index contributed by atoms with van der Waals surface area (Å²) in [6.45, 7) is 1.82. The predicted octanol–water partition coefficient (Wildman–Crippen LogP) is 2.99. The van der Waals surface area contributed by atoms with Crippen molar-refractivity contribution in [1.29, 1.82) is 0 Å². The quantitative estimate of drug-likeness (QED) is 0.400. The molecule has 0 radical (unpaired) electrons. The van der Waals surface area contributed by atoms with Crippen LogP contribution in [-0.2, 0) is 19.6 Å². The Morgan fingerprint density at radius 2 is 1.82 bits per heavy atom. The van der Waals surface area contributed by atoms with Crippen LogP contribution in [0.15, 0.2) is 70.2 Å². The van der Waals surface area contributed by atoms with Crippen molar-refractivity contribution in [1.82, 2.24) is 24.3 Å². The molecule has 3 heterocycles. The standard InChI is InChI=1S/C25H23N5O4/c1-16-3-5-17(6-4-16)13-21-26-22(34-28-21)14-29-11-12-30-24(25(29)32)20(15-31)23(27-30)18-7-9-19(33-2)10-8-18/h3-12,31H,13-15H2,1-2H3. The van der Waals surface area contributed by atoms with Crippen LogP contribution in [0.2, 0.25) is 0 Å². The largest absolute Gasteiger partial charge is 0.497 e. The molecule has 5 rings (SSSR count). The van der Waals surface area contributed by atoms with E-state index in [9.17, 15) is 9.90 Å². The Bertz CT molecular complexity index is 1500. The summed E-state index contributed by atoms with van der Waals surface area (Å²) < 4.78 is 13.5. The van der Waals surface area contributed by atoms with Gasteiger partial charge in [0.2, 0.25) is 5.89 Å². The van der Waals surface area contributed by atoms with Gasteiger partial charge in [-0.3, -0.25) is 4.79 Å². The van der Waals surface area contributed by atoms with Crippen molar-refractivity contribution < 1.29 is 14.4 Å². The molecule has 0 aliphatic heterocycles. The van der Waals surface area contributed by atoms with Crippen LogP contribution in [0.25, 0.3) is 16.8 Å². The molecule has 34 heavy (non-hydrogen) atoms. The van der Waals surface area contributed by atoms with Crippen molar-refractivity contribution in [2.24, 2.45) is 0 Å². The lowest BCUT2D eigenvalue weighted by molar-refractivity contribution is 0.283. The molecule has 1 N–H and O–H groups in total. The number of fused-ring (bicyclic) bond motifs is 1. The Balaban J connectivity index is 1.44. The molecule has 5 aromatic rings. The smallest absolute Gasteiger partial charge is 0.277 e. The number of nitrogens with zero attached hydrogens (tertiary/aromatic N) is 5. The van der Waals surface area contributed by atoms with Gasteiger partial charge in [0.15, 0.2) is 5.82 Å². The summed E-state index contributed by atoms with van der Waals surface area (Å²) in [5.41, 5.74) is 4.02. The number of hydrogen-bond acceptors (Lipinski definition) is 7. The first-order chi connectivity index (χ1) is 16.6. The summed E-state index contributed by atoms with van der Waals surface area (Å²) in [6, 6.07) is 15.4. The minimum Gasteiger partial charge on any atom is -0.497 e.